The lowest BCUT2D eigenvalue weighted by Gasteiger charge is -2.31. The van der Waals surface area contributed by atoms with Crippen LogP contribution in [0.15, 0.2) is 0 Å². The highest BCUT2D eigenvalue weighted by Gasteiger charge is 2.37. The second-order valence-corrected chi connectivity index (χ2v) is 6.09. The molecule has 1 N–H and O–H groups in total. The SMILES string of the molecule is CC(C)(C)OC(=O)N1CCCC1C1CCCN1. The maximum atomic E-state index is 12.1. The number of ether oxygens (including phenoxy) is 1. The van der Waals surface area contributed by atoms with E-state index in [4.69, 9.17) is 4.74 Å². The molecule has 4 nitrogen and oxygen atoms in total. The second kappa shape index (κ2) is 4.84. The first kappa shape index (κ1) is 12.7. The Morgan fingerprint density at radius 3 is 2.65 bits per heavy atom. The number of likely N-dealkylation sites (tertiary alicyclic amines) is 1. The Balaban J connectivity index is 1.96. The summed E-state index contributed by atoms with van der Waals surface area (Å²) < 4.78 is 5.47. The second-order valence-electron chi connectivity index (χ2n) is 6.09. The third-order valence-corrected chi connectivity index (χ3v) is 3.49. The molecule has 2 unspecified atom stereocenters. The molecular weight excluding hydrogens is 216 g/mol. The smallest absolute Gasteiger partial charge is 0.410 e. The van der Waals surface area contributed by atoms with Gasteiger partial charge in [-0.1, -0.05) is 0 Å². The zero-order valence-electron chi connectivity index (χ0n) is 11.2. The third-order valence-electron chi connectivity index (χ3n) is 3.49. The number of nitrogens with zero attached hydrogens (tertiary/aromatic N) is 1. The van der Waals surface area contributed by atoms with Crippen molar-refractivity contribution in [3.05, 3.63) is 0 Å². The van der Waals surface area contributed by atoms with Crippen molar-refractivity contribution in [2.45, 2.75) is 64.1 Å². The Hall–Kier alpha value is -0.770. The number of hydrogen-bond acceptors (Lipinski definition) is 3. The van der Waals surface area contributed by atoms with E-state index in [2.05, 4.69) is 5.32 Å². The van der Waals surface area contributed by atoms with Gasteiger partial charge in [-0.05, 0) is 53.0 Å². The molecule has 0 aromatic heterocycles. The summed E-state index contributed by atoms with van der Waals surface area (Å²) in [6.07, 6.45) is 4.47. The van der Waals surface area contributed by atoms with Crippen LogP contribution in [-0.2, 0) is 4.74 Å². The van der Waals surface area contributed by atoms with Gasteiger partial charge in [-0.15, -0.1) is 0 Å². The van der Waals surface area contributed by atoms with Crippen LogP contribution < -0.4 is 5.32 Å². The highest BCUT2D eigenvalue weighted by atomic mass is 16.6. The third kappa shape index (κ3) is 3.12. The van der Waals surface area contributed by atoms with Crippen molar-refractivity contribution in [3.63, 3.8) is 0 Å². The first-order chi connectivity index (χ1) is 7.97. The average Bonchev–Trinajstić information content (AvgIpc) is 2.85. The fraction of sp³-hybridized carbons (Fsp3) is 0.923. The Morgan fingerprint density at radius 2 is 2.06 bits per heavy atom. The van der Waals surface area contributed by atoms with Crippen molar-refractivity contribution >= 4 is 6.09 Å². The lowest BCUT2D eigenvalue weighted by molar-refractivity contribution is 0.0201. The molecule has 2 saturated heterocycles. The maximum Gasteiger partial charge on any atom is 0.410 e. The number of amides is 1. The molecule has 0 aromatic rings. The molecule has 0 bridgehead atoms. The van der Waals surface area contributed by atoms with Crippen LogP contribution in [-0.4, -0.2) is 41.8 Å². The number of carbonyl (C=O) groups is 1. The van der Waals surface area contributed by atoms with Crippen LogP contribution in [0.1, 0.15) is 46.5 Å². The van der Waals surface area contributed by atoms with Crippen molar-refractivity contribution in [1.82, 2.24) is 10.2 Å². The molecule has 4 heteroatoms. The van der Waals surface area contributed by atoms with E-state index < -0.39 is 5.60 Å². The Labute approximate surface area is 104 Å². The standard InChI is InChI=1S/C13H24N2O2/c1-13(2,3)17-12(16)15-9-5-7-11(15)10-6-4-8-14-10/h10-11,14H,4-9H2,1-3H3. The fourth-order valence-corrected chi connectivity index (χ4v) is 2.80. The fourth-order valence-electron chi connectivity index (χ4n) is 2.80. The summed E-state index contributed by atoms with van der Waals surface area (Å²) in [5.41, 5.74) is -0.396. The lowest BCUT2D eigenvalue weighted by Crippen LogP contribution is -2.48. The summed E-state index contributed by atoms with van der Waals surface area (Å²) in [7, 11) is 0. The van der Waals surface area contributed by atoms with Gasteiger partial charge in [-0.2, -0.15) is 0 Å². The molecule has 0 radical (unpaired) electrons. The normalized spacial score (nSPS) is 29.7. The van der Waals surface area contributed by atoms with E-state index in [1.807, 2.05) is 25.7 Å². The molecule has 2 aliphatic heterocycles. The van der Waals surface area contributed by atoms with Gasteiger partial charge < -0.3 is 15.0 Å². The summed E-state index contributed by atoms with van der Waals surface area (Å²) in [6, 6.07) is 0.817. The first-order valence-corrected chi connectivity index (χ1v) is 6.70. The van der Waals surface area contributed by atoms with Gasteiger partial charge in [0.1, 0.15) is 5.60 Å². The van der Waals surface area contributed by atoms with Crippen molar-refractivity contribution < 1.29 is 9.53 Å². The monoisotopic (exact) mass is 240 g/mol. The predicted octanol–water partition coefficient (Wildman–Crippen LogP) is 2.14. The molecule has 0 aliphatic carbocycles. The van der Waals surface area contributed by atoms with Gasteiger partial charge in [0, 0.05) is 12.6 Å². The predicted molar refractivity (Wildman–Crippen MR) is 67.0 cm³/mol. The Bertz CT molecular complexity index is 280. The first-order valence-electron chi connectivity index (χ1n) is 6.70. The van der Waals surface area contributed by atoms with Gasteiger partial charge in [-0.3, -0.25) is 0 Å². The molecule has 2 rings (SSSR count). The molecular formula is C13H24N2O2. The van der Waals surface area contributed by atoms with E-state index in [1.54, 1.807) is 0 Å². The number of rotatable bonds is 1. The van der Waals surface area contributed by atoms with E-state index in [9.17, 15) is 4.79 Å². The van der Waals surface area contributed by atoms with E-state index in [-0.39, 0.29) is 6.09 Å². The molecule has 2 heterocycles. The van der Waals surface area contributed by atoms with Gasteiger partial charge in [0.2, 0.25) is 0 Å². The number of carbonyl (C=O) groups excluding carboxylic acids is 1. The van der Waals surface area contributed by atoms with E-state index in [0.717, 1.165) is 25.9 Å². The topological polar surface area (TPSA) is 41.6 Å². The molecule has 0 spiro atoms. The van der Waals surface area contributed by atoms with Crippen LogP contribution >= 0.6 is 0 Å². The van der Waals surface area contributed by atoms with Crippen molar-refractivity contribution in [1.29, 1.82) is 0 Å². The summed E-state index contributed by atoms with van der Waals surface area (Å²) >= 11 is 0. The van der Waals surface area contributed by atoms with Crippen molar-refractivity contribution in [2.75, 3.05) is 13.1 Å². The molecule has 1 amide bonds. The summed E-state index contributed by atoms with van der Waals surface area (Å²) in [6.45, 7) is 7.69. The minimum Gasteiger partial charge on any atom is -0.444 e. The molecule has 2 aliphatic rings. The van der Waals surface area contributed by atoms with Gasteiger partial charge in [0.15, 0.2) is 0 Å². The largest absolute Gasteiger partial charge is 0.444 e. The van der Waals surface area contributed by atoms with Crippen LogP contribution in [0.5, 0.6) is 0 Å². The zero-order valence-corrected chi connectivity index (χ0v) is 11.2. The van der Waals surface area contributed by atoms with E-state index in [1.165, 1.54) is 12.8 Å². The highest BCUT2D eigenvalue weighted by Crippen LogP contribution is 2.26. The summed E-state index contributed by atoms with van der Waals surface area (Å²) in [4.78, 5) is 14.0. The van der Waals surface area contributed by atoms with Crippen molar-refractivity contribution in [3.8, 4) is 0 Å². The van der Waals surface area contributed by atoms with Crippen LogP contribution in [0.2, 0.25) is 0 Å². The molecule has 98 valence electrons. The molecule has 17 heavy (non-hydrogen) atoms. The van der Waals surface area contributed by atoms with Crippen LogP contribution in [0, 0.1) is 0 Å². The van der Waals surface area contributed by atoms with Gasteiger partial charge in [0.05, 0.1) is 6.04 Å². The number of nitrogens with one attached hydrogen (secondary N) is 1. The lowest BCUT2D eigenvalue weighted by atomic mass is 10.0. The molecule has 0 saturated carbocycles. The van der Waals surface area contributed by atoms with Crippen LogP contribution in [0.25, 0.3) is 0 Å². The maximum absolute atomic E-state index is 12.1. The van der Waals surface area contributed by atoms with E-state index in [0.29, 0.717) is 12.1 Å². The number of hydrogen-bond donors (Lipinski definition) is 1. The van der Waals surface area contributed by atoms with E-state index >= 15 is 0 Å². The highest BCUT2D eigenvalue weighted by molar-refractivity contribution is 5.69. The zero-order chi connectivity index (χ0) is 12.5. The molecule has 2 fully saturated rings. The Kier molecular flexibility index (Phi) is 3.61. The Morgan fingerprint density at radius 1 is 1.29 bits per heavy atom. The summed E-state index contributed by atoms with van der Waals surface area (Å²) in [5.74, 6) is 0. The van der Waals surface area contributed by atoms with Gasteiger partial charge in [-0.25, -0.2) is 4.79 Å². The average molecular weight is 240 g/mol. The quantitative estimate of drug-likeness (QED) is 0.763. The van der Waals surface area contributed by atoms with Crippen LogP contribution in [0.3, 0.4) is 0 Å². The van der Waals surface area contributed by atoms with Gasteiger partial charge in [0.25, 0.3) is 0 Å². The van der Waals surface area contributed by atoms with Gasteiger partial charge >= 0.3 is 6.09 Å². The minimum absolute atomic E-state index is 0.145. The molecule has 0 aromatic carbocycles. The molecule has 2 atom stereocenters. The summed E-state index contributed by atoms with van der Waals surface area (Å²) in [5, 5.41) is 3.50. The van der Waals surface area contributed by atoms with Crippen LogP contribution in [0.4, 0.5) is 4.79 Å². The van der Waals surface area contributed by atoms with Crippen molar-refractivity contribution in [2.24, 2.45) is 0 Å². The minimum atomic E-state index is -0.396.